The largest absolute Gasteiger partial charge is 0.463 e. The number of nitro benzene ring substituents is 1. The molecule has 1 atom stereocenters. The zero-order valence-corrected chi connectivity index (χ0v) is 15.4. The number of rotatable bonds is 7. The van der Waals surface area contributed by atoms with E-state index in [4.69, 9.17) is 10.00 Å². The number of nitro groups is 1. The normalized spacial score (nSPS) is 11.4. The Morgan fingerprint density at radius 2 is 1.93 bits per heavy atom. The van der Waals surface area contributed by atoms with Gasteiger partial charge >= 0.3 is 5.97 Å². The summed E-state index contributed by atoms with van der Waals surface area (Å²) in [7, 11) is 0. The highest BCUT2D eigenvalue weighted by molar-refractivity contribution is 5.95. The highest BCUT2D eigenvalue weighted by Gasteiger charge is 2.27. The van der Waals surface area contributed by atoms with Gasteiger partial charge in [0.1, 0.15) is 0 Å². The number of hydrogen-bond acceptors (Lipinski definition) is 6. The van der Waals surface area contributed by atoms with E-state index >= 15 is 0 Å². The van der Waals surface area contributed by atoms with E-state index in [1.165, 1.54) is 30.3 Å². The van der Waals surface area contributed by atoms with Crippen molar-refractivity contribution in [3.8, 4) is 6.07 Å². The maximum absolute atomic E-state index is 12.6. The number of para-hydroxylation sites is 1. The van der Waals surface area contributed by atoms with Crippen LogP contribution in [0.2, 0.25) is 0 Å². The SMILES string of the molecule is CC(C)OC(=O)CC(NC(=O)c1cccc(C#N)c1)c1ccccc1[N+](=O)[O-]. The van der Waals surface area contributed by atoms with Gasteiger partial charge in [0.2, 0.25) is 0 Å². The van der Waals surface area contributed by atoms with Gasteiger partial charge in [0, 0.05) is 11.6 Å². The lowest BCUT2D eigenvalue weighted by Crippen LogP contribution is -2.31. The van der Waals surface area contributed by atoms with E-state index in [1.54, 1.807) is 32.0 Å². The number of nitrogens with zero attached hydrogens (tertiary/aromatic N) is 2. The van der Waals surface area contributed by atoms with Crippen LogP contribution in [-0.2, 0) is 9.53 Å². The second kappa shape index (κ2) is 9.28. The van der Waals surface area contributed by atoms with Crippen molar-refractivity contribution in [1.29, 1.82) is 5.26 Å². The van der Waals surface area contributed by atoms with Gasteiger partial charge in [-0.25, -0.2) is 0 Å². The summed E-state index contributed by atoms with van der Waals surface area (Å²) in [5.74, 6) is -1.15. The van der Waals surface area contributed by atoms with Gasteiger partial charge in [0.05, 0.1) is 40.7 Å². The summed E-state index contributed by atoms with van der Waals surface area (Å²) in [5, 5.41) is 23.0. The lowest BCUT2D eigenvalue weighted by molar-refractivity contribution is -0.385. The van der Waals surface area contributed by atoms with Crippen LogP contribution in [0.3, 0.4) is 0 Å². The second-order valence-corrected chi connectivity index (χ2v) is 6.28. The number of esters is 1. The van der Waals surface area contributed by atoms with E-state index in [9.17, 15) is 19.7 Å². The molecule has 2 rings (SSSR count). The molecule has 0 saturated heterocycles. The summed E-state index contributed by atoms with van der Waals surface area (Å²) >= 11 is 0. The minimum atomic E-state index is -0.967. The third kappa shape index (κ3) is 5.38. The molecular weight excluding hydrogens is 362 g/mol. The van der Waals surface area contributed by atoms with Crippen molar-refractivity contribution in [2.24, 2.45) is 0 Å². The quantitative estimate of drug-likeness (QED) is 0.446. The van der Waals surface area contributed by atoms with Gasteiger partial charge in [-0.05, 0) is 32.0 Å². The third-order valence-electron chi connectivity index (χ3n) is 3.81. The Morgan fingerprint density at radius 3 is 2.57 bits per heavy atom. The molecule has 0 spiro atoms. The Bertz CT molecular complexity index is 933. The average molecular weight is 381 g/mol. The fourth-order valence-electron chi connectivity index (χ4n) is 2.64. The number of benzene rings is 2. The molecule has 2 aromatic carbocycles. The van der Waals surface area contributed by atoms with Crippen LogP contribution in [0.5, 0.6) is 0 Å². The standard InChI is InChI=1S/C20H19N3O5/c1-13(2)28-19(24)11-17(16-8-3-4-9-18(16)23(26)27)22-20(25)15-7-5-6-14(10-15)12-21/h3-10,13,17H,11H2,1-2H3,(H,22,25). The fraction of sp³-hybridized carbons (Fsp3) is 0.250. The number of amides is 1. The predicted octanol–water partition coefficient (Wildman–Crippen LogP) is 3.28. The van der Waals surface area contributed by atoms with E-state index in [-0.39, 0.29) is 29.3 Å². The number of nitrogens with one attached hydrogen (secondary N) is 1. The van der Waals surface area contributed by atoms with E-state index < -0.39 is 22.8 Å². The molecule has 2 aromatic rings. The first-order valence-electron chi connectivity index (χ1n) is 8.55. The summed E-state index contributed by atoms with van der Waals surface area (Å²) in [6.45, 7) is 3.37. The van der Waals surface area contributed by atoms with Crippen molar-refractivity contribution in [1.82, 2.24) is 5.32 Å². The second-order valence-electron chi connectivity index (χ2n) is 6.28. The van der Waals surface area contributed by atoms with E-state index in [1.807, 2.05) is 6.07 Å². The van der Waals surface area contributed by atoms with Crippen molar-refractivity contribution >= 4 is 17.6 Å². The molecule has 8 nitrogen and oxygen atoms in total. The monoisotopic (exact) mass is 381 g/mol. The van der Waals surface area contributed by atoms with Crippen LogP contribution in [0.1, 0.15) is 47.8 Å². The van der Waals surface area contributed by atoms with Gasteiger partial charge in [0.25, 0.3) is 11.6 Å². The van der Waals surface area contributed by atoms with E-state index in [0.29, 0.717) is 5.56 Å². The minimum absolute atomic E-state index is 0.193. The van der Waals surface area contributed by atoms with Crippen LogP contribution in [0.15, 0.2) is 48.5 Å². The number of carbonyl (C=O) groups excluding carboxylic acids is 2. The van der Waals surface area contributed by atoms with Crippen molar-refractivity contribution in [2.75, 3.05) is 0 Å². The van der Waals surface area contributed by atoms with Gasteiger partial charge in [-0.2, -0.15) is 5.26 Å². The Kier molecular flexibility index (Phi) is 6.82. The van der Waals surface area contributed by atoms with Gasteiger partial charge < -0.3 is 10.1 Å². The summed E-state index contributed by atoms with van der Waals surface area (Å²) in [4.78, 5) is 35.6. The Labute approximate surface area is 161 Å². The molecular formula is C20H19N3O5. The maximum Gasteiger partial charge on any atom is 0.308 e. The zero-order valence-electron chi connectivity index (χ0n) is 15.4. The predicted molar refractivity (Wildman–Crippen MR) is 100 cm³/mol. The molecule has 1 amide bonds. The van der Waals surface area contributed by atoms with Crippen LogP contribution in [0.4, 0.5) is 5.69 Å². The molecule has 28 heavy (non-hydrogen) atoms. The summed E-state index contributed by atoms with van der Waals surface area (Å²) in [6, 6.07) is 12.9. The van der Waals surface area contributed by atoms with Crippen LogP contribution in [0.25, 0.3) is 0 Å². The molecule has 0 saturated carbocycles. The Balaban J connectivity index is 2.36. The lowest BCUT2D eigenvalue weighted by atomic mass is 10.0. The van der Waals surface area contributed by atoms with Gasteiger partial charge in [-0.3, -0.25) is 19.7 Å². The number of carbonyl (C=O) groups is 2. The minimum Gasteiger partial charge on any atom is -0.463 e. The molecule has 1 unspecified atom stereocenters. The Hall–Kier alpha value is -3.73. The molecule has 1 N–H and O–H groups in total. The summed E-state index contributed by atoms with van der Waals surface area (Å²) in [5.41, 5.74) is 0.489. The molecule has 0 fully saturated rings. The maximum atomic E-state index is 12.6. The highest BCUT2D eigenvalue weighted by atomic mass is 16.6. The summed E-state index contributed by atoms with van der Waals surface area (Å²) in [6.07, 6.45) is -0.630. The van der Waals surface area contributed by atoms with Crippen molar-refractivity contribution < 1.29 is 19.2 Å². The number of nitriles is 1. The van der Waals surface area contributed by atoms with E-state index in [0.717, 1.165) is 0 Å². The average Bonchev–Trinajstić information content (AvgIpc) is 2.66. The molecule has 144 valence electrons. The molecule has 0 aliphatic carbocycles. The molecule has 0 radical (unpaired) electrons. The first-order chi connectivity index (χ1) is 13.3. The third-order valence-corrected chi connectivity index (χ3v) is 3.81. The van der Waals surface area contributed by atoms with Gasteiger partial charge in [-0.15, -0.1) is 0 Å². The highest BCUT2D eigenvalue weighted by Crippen LogP contribution is 2.28. The zero-order chi connectivity index (χ0) is 20.7. The molecule has 0 aromatic heterocycles. The molecule has 0 bridgehead atoms. The summed E-state index contributed by atoms with van der Waals surface area (Å²) < 4.78 is 5.12. The molecule has 0 aliphatic rings. The van der Waals surface area contributed by atoms with Crippen LogP contribution >= 0.6 is 0 Å². The Morgan fingerprint density at radius 1 is 1.21 bits per heavy atom. The number of hydrogen-bond donors (Lipinski definition) is 1. The van der Waals surface area contributed by atoms with Crippen molar-refractivity contribution in [3.63, 3.8) is 0 Å². The van der Waals surface area contributed by atoms with Crippen LogP contribution in [0, 0.1) is 21.4 Å². The van der Waals surface area contributed by atoms with Crippen LogP contribution in [-0.4, -0.2) is 22.9 Å². The van der Waals surface area contributed by atoms with Crippen LogP contribution < -0.4 is 5.32 Å². The topological polar surface area (TPSA) is 122 Å². The smallest absolute Gasteiger partial charge is 0.308 e. The van der Waals surface area contributed by atoms with Crippen molar-refractivity contribution in [3.05, 3.63) is 75.3 Å². The van der Waals surface area contributed by atoms with Gasteiger partial charge in [0.15, 0.2) is 0 Å². The van der Waals surface area contributed by atoms with Gasteiger partial charge in [-0.1, -0.05) is 24.3 Å². The first-order valence-corrected chi connectivity index (χ1v) is 8.55. The molecule has 8 heteroatoms. The number of ether oxygens (including phenoxy) is 1. The first kappa shape index (κ1) is 20.6. The van der Waals surface area contributed by atoms with E-state index in [2.05, 4.69) is 5.32 Å². The lowest BCUT2D eigenvalue weighted by Gasteiger charge is -2.19. The molecule has 0 heterocycles. The fourth-order valence-corrected chi connectivity index (χ4v) is 2.64. The van der Waals surface area contributed by atoms with Crippen molar-refractivity contribution in [2.45, 2.75) is 32.4 Å². The molecule has 0 aliphatic heterocycles.